The Morgan fingerprint density at radius 2 is 1.73 bits per heavy atom. The van der Waals surface area contributed by atoms with Crippen molar-refractivity contribution >= 4 is 17.7 Å². The Balaban J connectivity index is 1.86. The molecule has 3 saturated heterocycles. The van der Waals surface area contributed by atoms with E-state index in [2.05, 4.69) is 23.6 Å². The van der Waals surface area contributed by atoms with Gasteiger partial charge in [0.15, 0.2) is 12.1 Å². The number of hydrogen-bond donors (Lipinski definition) is 1. The summed E-state index contributed by atoms with van der Waals surface area (Å²) in [6, 6.07) is -0.195. The van der Waals surface area contributed by atoms with Crippen molar-refractivity contribution in [1.82, 2.24) is 19.6 Å². The molecule has 0 aliphatic carbocycles. The Hall–Kier alpha value is -1.67. The molecule has 0 radical (unpaired) electrons. The van der Waals surface area contributed by atoms with E-state index in [0.29, 0.717) is 12.8 Å². The number of esters is 1. The third-order valence-corrected chi connectivity index (χ3v) is 11.1. The Kier molecular flexibility index (Phi) is 14.9. The number of carbonyl (C=O) groups excluding carboxylic acids is 3. The van der Waals surface area contributed by atoms with Crippen LogP contribution in [0.4, 0.5) is 0 Å². The number of carbonyl (C=O) groups is 3. The predicted octanol–water partition coefficient (Wildman–Crippen LogP) is 2.65. The largest absolute Gasteiger partial charge is 0.463 e. The molecule has 0 spiro atoms. The zero-order valence-electron chi connectivity index (χ0n) is 31.7. The van der Waals surface area contributed by atoms with Crippen LogP contribution >= 0.6 is 0 Å². The Morgan fingerprint density at radius 3 is 2.29 bits per heavy atom. The van der Waals surface area contributed by atoms with Gasteiger partial charge in [-0.2, -0.15) is 0 Å². The quantitative estimate of drug-likeness (QED) is 0.286. The van der Waals surface area contributed by atoms with Crippen LogP contribution in [0.15, 0.2) is 0 Å². The number of aliphatic hydroxyl groups is 1. The van der Waals surface area contributed by atoms with Crippen LogP contribution < -0.4 is 0 Å². The van der Waals surface area contributed by atoms with E-state index in [1.807, 2.05) is 37.7 Å². The number of aliphatic hydroxyl groups excluding tert-OH is 1. The fraction of sp³-hybridized carbons (Fsp3) is 0.917. The summed E-state index contributed by atoms with van der Waals surface area (Å²) in [5, 5.41) is 11.4. The van der Waals surface area contributed by atoms with E-state index in [9.17, 15) is 19.5 Å². The van der Waals surface area contributed by atoms with Crippen LogP contribution in [-0.4, -0.2) is 158 Å². The van der Waals surface area contributed by atoms with Crippen LogP contribution in [0.1, 0.15) is 81.1 Å². The highest BCUT2D eigenvalue weighted by Crippen LogP contribution is 2.38. The molecule has 0 aromatic carbocycles. The fourth-order valence-electron chi connectivity index (χ4n) is 7.97. The van der Waals surface area contributed by atoms with Gasteiger partial charge in [0, 0.05) is 64.8 Å². The molecule has 0 saturated carbocycles. The van der Waals surface area contributed by atoms with Crippen molar-refractivity contribution in [1.29, 1.82) is 0 Å². The van der Waals surface area contributed by atoms with Crippen molar-refractivity contribution in [3.63, 3.8) is 0 Å². The summed E-state index contributed by atoms with van der Waals surface area (Å²) in [5.41, 5.74) is -2.37. The van der Waals surface area contributed by atoms with Crippen molar-refractivity contribution in [2.45, 2.75) is 123 Å². The summed E-state index contributed by atoms with van der Waals surface area (Å²) in [6.07, 6.45) is 0.107. The van der Waals surface area contributed by atoms with Crippen LogP contribution in [0.3, 0.4) is 0 Å². The van der Waals surface area contributed by atoms with Gasteiger partial charge in [-0.3, -0.25) is 24.2 Å². The van der Waals surface area contributed by atoms with Gasteiger partial charge >= 0.3 is 5.97 Å². The summed E-state index contributed by atoms with van der Waals surface area (Å²) in [4.78, 5) is 48.3. The highest BCUT2D eigenvalue weighted by Gasteiger charge is 2.51. The van der Waals surface area contributed by atoms with E-state index in [4.69, 9.17) is 18.9 Å². The van der Waals surface area contributed by atoms with Crippen LogP contribution in [0.5, 0.6) is 0 Å². The van der Waals surface area contributed by atoms with Gasteiger partial charge in [-0.15, -0.1) is 0 Å². The molecule has 3 fully saturated rings. The van der Waals surface area contributed by atoms with Crippen LogP contribution in [0.2, 0.25) is 0 Å². The third kappa shape index (κ3) is 9.98. The number of nitrogens with zero attached hydrogens (tertiary/aromatic N) is 4. The highest BCUT2D eigenvalue weighted by atomic mass is 16.7. The standard InChI is InChI=1S/C36H66N4O8/c1-12-39-22-24(2)21-36(8,45-11)32(48-33-30(42)29(37(9)10)20-25(3)47-33)26(4)31(43)35(6,7)34(44)46-23-28(39)14-13-15-38-16-18-40(19-17-38)27(5)41/h24-26,28-30,32-33,42H,12-23H2,1-11H3/t24-,25-,26+,28+,29+,30-,32-,33+,36-/m1/s1. The minimum absolute atomic E-state index is 0.0138. The van der Waals surface area contributed by atoms with Crippen LogP contribution in [0, 0.1) is 17.3 Å². The molecular formula is C36H66N4O8. The van der Waals surface area contributed by atoms with E-state index in [-0.39, 0.29) is 42.4 Å². The number of piperazine rings is 1. The second-order valence-electron chi connectivity index (χ2n) is 15.6. The molecule has 0 unspecified atom stereocenters. The first-order valence-corrected chi connectivity index (χ1v) is 18.1. The molecule has 12 nitrogen and oxygen atoms in total. The van der Waals surface area contributed by atoms with Crippen molar-refractivity contribution in [3.8, 4) is 0 Å². The van der Waals surface area contributed by atoms with Crippen LogP contribution in [0.25, 0.3) is 0 Å². The monoisotopic (exact) mass is 682 g/mol. The van der Waals surface area contributed by atoms with Gasteiger partial charge in [0.2, 0.25) is 5.91 Å². The molecule has 0 bridgehead atoms. The molecule has 48 heavy (non-hydrogen) atoms. The van der Waals surface area contributed by atoms with Crippen molar-refractivity contribution in [3.05, 3.63) is 0 Å². The molecule has 0 aromatic rings. The van der Waals surface area contributed by atoms with E-state index < -0.39 is 41.4 Å². The summed E-state index contributed by atoms with van der Waals surface area (Å²) in [6.45, 7) is 20.7. The van der Waals surface area contributed by atoms with Gasteiger partial charge in [0.25, 0.3) is 0 Å². The lowest BCUT2D eigenvalue weighted by Crippen LogP contribution is -2.59. The van der Waals surface area contributed by atoms with Crippen LogP contribution in [-0.2, 0) is 33.3 Å². The minimum atomic E-state index is -1.43. The Labute approximate surface area is 289 Å². The number of hydrogen-bond acceptors (Lipinski definition) is 11. The van der Waals surface area contributed by atoms with E-state index in [1.54, 1.807) is 34.8 Å². The van der Waals surface area contributed by atoms with E-state index in [1.165, 1.54) is 0 Å². The topological polar surface area (TPSA) is 121 Å². The normalized spacial score (nSPS) is 36.6. The average Bonchev–Trinajstić information content (AvgIpc) is 3.04. The number of methoxy groups -OCH3 is 1. The lowest BCUT2D eigenvalue weighted by Gasteiger charge is -2.47. The average molecular weight is 683 g/mol. The van der Waals surface area contributed by atoms with Crippen molar-refractivity contribution < 1.29 is 38.4 Å². The molecule has 278 valence electrons. The van der Waals surface area contributed by atoms with Gasteiger partial charge in [-0.1, -0.05) is 20.8 Å². The third-order valence-electron chi connectivity index (χ3n) is 11.1. The number of ether oxygens (including phenoxy) is 4. The van der Waals surface area contributed by atoms with Gasteiger partial charge in [0.05, 0.1) is 17.8 Å². The fourth-order valence-corrected chi connectivity index (χ4v) is 7.97. The maximum atomic E-state index is 14.3. The highest BCUT2D eigenvalue weighted by molar-refractivity contribution is 6.04. The first-order valence-electron chi connectivity index (χ1n) is 18.1. The summed E-state index contributed by atoms with van der Waals surface area (Å²) < 4.78 is 25.1. The van der Waals surface area contributed by atoms with E-state index >= 15 is 0 Å². The minimum Gasteiger partial charge on any atom is -0.463 e. The number of likely N-dealkylation sites (N-methyl/N-ethyl adjacent to an activating group) is 2. The SMILES string of the molecule is CCN1C[C@H](C)C[C@@](C)(OC)[C@H](O[C@@H]2O[C@H](C)C[C@H](N(C)C)[C@H]2O)[C@@H](C)C(=O)C(C)(C)C(=O)OC[C@@H]1CCCN1CCN(C(C)=O)CC1. The van der Waals surface area contributed by atoms with Gasteiger partial charge < -0.3 is 33.9 Å². The van der Waals surface area contributed by atoms with Gasteiger partial charge in [0.1, 0.15) is 18.1 Å². The first kappa shape index (κ1) is 40.8. The summed E-state index contributed by atoms with van der Waals surface area (Å²) in [7, 11) is 5.48. The number of cyclic esters (lactones) is 1. The number of Topliss-reactive ketones (excluding diaryl/α,β-unsaturated/α-hetero) is 1. The molecule has 12 heteroatoms. The molecule has 0 aromatic heterocycles. The molecule has 1 N–H and O–H groups in total. The Bertz CT molecular complexity index is 1070. The number of ketones is 1. The maximum absolute atomic E-state index is 14.3. The molecule has 1 amide bonds. The predicted molar refractivity (Wildman–Crippen MR) is 184 cm³/mol. The second-order valence-corrected chi connectivity index (χ2v) is 15.6. The Morgan fingerprint density at radius 1 is 1.08 bits per heavy atom. The molecule has 3 rings (SSSR count). The molecule has 9 atom stereocenters. The smallest absolute Gasteiger partial charge is 0.319 e. The zero-order valence-corrected chi connectivity index (χ0v) is 31.7. The van der Waals surface area contributed by atoms with E-state index in [0.717, 1.165) is 58.7 Å². The van der Waals surface area contributed by atoms with Gasteiger partial charge in [-0.25, -0.2) is 0 Å². The van der Waals surface area contributed by atoms with Gasteiger partial charge in [-0.05, 0) is 86.5 Å². The second kappa shape index (κ2) is 17.5. The molecule has 3 aliphatic heterocycles. The lowest BCUT2D eigenvalue weighted by molar-refractivity contribution is -0.295. The first-order chi connectivity index (χ1) is 22.4. The lowest BCUT2D eigenvalue weighted by atomic mass is 9.74. The molecule has 3 aliphatic rings. The zero-order chi connectivity index (χ0) is 36.0. The molecular weight excluding hydrogens is 616 g/mol. The van der Waals surface area contributed by atoms with Crippen molar-refractivity contribution in [2.24, 2.45) is 17.3 Å². The number of rotatable bonds is 9. The maximum Gasteiger partial charge on any atom is 0.319 e. The summed E-state index contributed by atoms with van der Waals surface area (Å²) >= 11 is 0. The number of amides is 1. The van der Waals surface area contributed by atoms with Crippen molar-refractivity contribution in [2.75, 3.05) is 73.6 Å². The molecule has 3 heterocycles. The summed E-state index contributed by atoms with van der Waals surface area (Å²) in [5.74, 6) is -1.36.